The van der Waals surface area contributed by atoms with Gasteiger partial charge in [0.2, 0.25) is 0 Å². The fourth-order valence-corrected chi connectivity index (χ4v) is 3.57. The summed E-state index contributed by atoms with van der Waals surface area (Å²) in [7, 11) is 2.15. The first kappa shape index (κ1) is 16.0. The van der Waals surface area contributed by atoms with Gasteiger partial charge >= 0.3 is 0 Å². The van der Waals surface area contributed by atoms with E-state index >= 15 is 0 Å². The van der Waals surface area contributed by atoms with Gasteiger partial charge < -0.3 is 14.0 Å². The number of rotatable bonds is 4. The molecule has 0 N–H and O–H groups in total. The van der Waals surface area contributed by atoms with Crippen molar-refractivity contribution in [3.05, 3.63) is 59.7 Å². The highest BCUT2D eigenvalue weighted by atomic mass is 19.1. The number of nitrogens with zero attached hydrogens (tertiary/aromatic N) is 5. The molecule has 25 heavy (non-hydrogen) atoms. The highest BCUT2D eigenvalue weighted by molar-refractivity contribution is 5.55. The first-order chi connectivity index (χ1) is 12.2. The zero-order valence-electron chi connectivity index (χ0n) is 14.6. The highest BCUT2D eigenvalue weighted by Gasteiger charge is 2.22. The highest BCUT2D eigenvalue weighted by Crippen LogP contribution is 2.23. The molecule has 3 aromatic rings. The maximum atomic E-state index is 13.6. The average Bonchev–Trinajstić information content (AvgIpc) is 3.19. The molecule has 4 rings (SSSR count). The van der Waals surface area contributed by atoms with Gasteiger partial charge in [-0.1, -0.05) is 12.1 Å². The molecule has 0 aliphatic carbocycles. The minimum atomic E-state index is -0.249. The van der Waals surface area contributed by atoms with Gasteiger partial charge in [0.05, 0.1) is 17.9 Å². The summed E-state index contributed by atoms with van der Waals surface area (Å²) in [6, 6.07) is 6.57. The van der Waals surface area contributed by atoms with Crippen LogP contribution in [-0.4, -0.2) is 37.6 Å². The first-order valence-electron chi connectivity index (χ1n) is 8.68. The van der Waals surface area contributed by atoms with Crippen molar-refractivity contribution in [2.24, 2.45) is 0 Å². The molecule has 0 saturated carbocycles. The van der Waals surface area contributed by atoms with Crippen LogP contribution in [0.15, 0.2) is 36.7 Å². The number of fused-ring (bicyclic) bond motifs is 1. The molecule has 0 amide bonds. The predicted molar refractivity (Wildman–Crippen MR) is 94.7 cm³/mol. The second-order valence-corrected chi connectivity index (χ2v) is 6.54. The minimum absolute atomic E-state index is 0.249. The van der Waals surface area contributed by atoms with Gasteiger partial charge in [-0.3, -0.25) is 0 Å². The fourth-order valence-electron chi connectivity index (χ4n) is 3.57. The van der Waals surface area contributed by atoms with Gasteiger partial charge in [0.15, 0.2) is 0 Å². The topological polar surface area (TPSA) is 38.9 Å². The van der Waals surface area contributed by atoms with Crippen LogP contribution in [0.25, 0.3) is 11.4 Å². The van der Waals surface area contributed by atoms with Crippen LogP contribution >= 0.6 is 0 Å². The maximum absolute atomic E-state index is 13.6. The zero-order valence-corrected chi connectivity index (χ0v) is 14.6. The van der Waals surface area contributed by atoms with Gasteiger partial charge in [0, 0.05) is 44.0 Å². The summed E-state index contributed by atoms with van der Waals surface area (Å²) in [6.45, 7) is 5.68. The van der Waals surface area contributed by atoms with E-state index in [1.54, 1.807) is 12.3 Å². The van der Waals surface area contributed by atoms with Gasteiger partial charge in [-0.05, 0) is 26.1 Å². The van der Waals surface area contributed by atoms with Gasteiger partial charge in [-0.2, -0.15) is 0 Å². The van der Waals surface area contributed by atoms with Gasteiger partial charge in [0.25, 0.3) is 0 Å². The number of imidazole rings is 2. The van der Waals surface area contributed by atoms with Crippen LogP contribution in [0.3, 0.4) is 0 Å². The Hall–Kier alpha value is -2.47. The molecule has 0 saturated heterocycles. The second-order valence-electron chi connectivity index (χ2n) is 6.54. The Balaban J connectivity index is 1.69. The van der Waals surface area contributed by atoms with E-state index in [0.29, 0.717) is 6.54 Å². The predicted octanol–water partition coefficient (Wildman–Crippen LogP) is 2.94. The van der Waals surface area contributed by atoms with E-state index in [-0.39, 0.29) is 5.82 Å². The van der Waals surface area contributed by atoms with Crippen LogP contribution in [0.5, 0.6) is 0 Å². The van der Waals surface area contributed by atoms with Crippen LogP contribution in [0.1, 0.15) is 24.1 Å². The molecule has 0 bridgehead atoms. The SMILES string of the molecule is CCn1c(Cn2ccnc2-c2cccc(F)c2)nc2c1CN(C)CC2. The first-order valence-corrected chi connectivity index (χ1v) is 8.68. The van der Waals surface area contributed by atoms with Crippen LogP contribution < -0.4 is 0 Å². The van der Waals surface area contributed by atoms with Crippen LogP contribution in [0.4, 0.5) is 4.39 Å². The third-order valence-corrected chi connectivity index (χ3v) is 4.81. The number of hydrogen-bond acceptors (Lipinski definition) is 3. The van der Waals surface area contributed by atoms with Crippen LogP contribution in [0.2, 0.25) is 0 Å². The molecule has 0 spiro atoms. The van der Waals surface area contributed by atoms with Crippen LogP contribution in [-0.2, 0) is 26.1 Å². The summed E-state index contributed by atoms with van der Waals surface area (Å²) in [5.41, 5.74) is 3.31. The Morgan fingerprint density at radius 1 is 1.28 bits per heavy atom. The van der Waals surface area contributed by atoms with Crippen molar-refractivity contribution in [1.82, 2.24) is 24.0 Å². The number of benzene rings is 1. The molecule has 1 aliphatic rings. The lowest BCUT2D eigenvalue weighted by atomic mass is 10.1. The van der Waals surface area contributed by atoms with E-state index in [0.717, 1.165) is 43.3 Å². The number of hydrogen-bond donors (Lipinski definition) is 0. The molecule has 0 unspecified atom stereocenters. The lowest BCUT2D eigenvalue weighted by molar-refractivity contribution is 0.301. The van der Waals surface area contributed by atoms with E-state index in [9.17, 15) is 4.39 Å². The normalized spacial score (nSPS) is 14.7. The molecule has 0 radical (unpaired) electrons. The minimum Gasteiger partial charge on any atom is -0.329 e. The standard InChI is InChI=1S/C19H22FN5/c1-3-25-17-12-23(2)9-7-16(17)22-18(25)13-24-10-8-21-19(24)14-5-4-6-15(20)11-14/h4-6,8,10-11H,3,7,9,12-13H2,1-2H3. The molecule has 3 heterocycles. The van der Waals surface area contributed by atoms with Gasteiger partial charge in [-0.15, -0.1) is 0 Å². The van der Waals surface area contributed by atoms with E-state index < -0.39 is 0 Å². The molecule has 0 atom stereocenters. The van der Waals surface area contributed by atoms with E-state index in [2.05, 4.69) is 28.4 Å². The Bertz CT molecular complexity index is 895. The van der Waals surface area contributed by atoms with Crippen molar-refractivity contribution in [3.63, 3.8) is 0 Å². The summed E-state index contributed by atoms with van der Waals surface area (Å²) in [6.07, 6.45) is 4.68. The number of likely N-dealkylation sites (N-methyl/N-ethyl adjacent to an activating group) is 1. The van der Waals surface area contributed by atoms with Crippen molar-refractivity contribution in [2.45, 2.75) is 33.0 Å². The third-order valence-electron chi connectivity index (χ3n) is 4.81. The molecule has 2 aromatic heterocycles. The quantitative estimate of drug-likeness (QED) is 0.734. The summed E-state index contributed by atoms with van der Waals surface area (Å²) in [5, 5.41) is 0. The Morgan fingerprint density at radius 3 is 2.96 bits per heavy atom. The molecule has 130 valence electrons. The Labute approximate surface area is 146 Å². The zero-order chi connectivity index (χ0) is 17.4. The van der Waals surface area contributed by atoms with Gasteiger partial charge in [-0.25, -0.2) is 14.4 Å². The summed E-state index contributed by atoms with van der Waals surface area (Å²) < 4.78 is 17.9. The van der Waals surface area contributed by atoms with Crippen molar-refractivity contribution >= 4 is 0 Å². The summed E-state index contributed by atoms with van der Waals surface area (Å²) >= 11 is 0. The second kappa shape index (κ2) is 6.44. The van der Waals surface area contributed by atoms with E-state index in [1.807, 2.05) is 16.8 Å². The van der Waals surface area contributed by atoms with E-state index in [4.69, 9.17) is 4.98 Å². The maximum Gasteiger partial charge on any atom is 0.140 e. The van der Waals surface area contributed by atoms with Crippen molar-refractivity contribution in [3.8, 4) is 11.4 Å². The lowest BCUT2D eigenvalue weighted by Gasteiger charge is -2.23. The van der Waals surface area contributed by atoms with Gasteiger partial charge in [0.1, 0.15) is 17.5 Å². The monoisotopic (exact) mass is 339 g/mol. The van der Waals surface area contributed by atoms with E-state index in [1.165, 1.54) is 23.5 Å². The lowest BCUT2D eigenvalue weighted by Crippen LogP contribution is -2.28. The van der Waals surface area contributed by atoms with Crippen LogP contribution in [0, 0.1) is 5.82 Å². The van der Waals surface area contributed by atoms with Crippen molar-refractivity contribution in [2.75, 3.05) is 13.6 Å². The number of aromatic nitrogens is 4. The molecular formula is C19H22FN5. The Kier molecular flexibility index (Phi) is 4.13. The molecule has 6 heteroatoms. The Morgan fingerprint density at radius 2 is 2.16 bits per heavy atom. The largest absolute Gasteiger partial charge is 0.329 e. The molecular weight excluding hydrogens is 317 g/mol. The smallest absolute Gasteiger partial charge is 0.140 e. The fraction of sp³-hybridized carbons (Fsp3) is 0.368. The van der Waals surface area contributed by atoms with Crippen molar-refractivity contribution in [1.29, 1.82) is 0 Å². The summed E-state index contributed by atoms with van der Waals surface area (Å²) in [5.74, 6) is 1.55. The number of halogens is 1. The average molecular weight is 339 g/mol. The summed E-state index contributed by atoms with van der Waals surface area (Å²) in [4.78, 5) is 11.6. The molecule has 0 fully saturated rings. The molecule has 5 nitrogen and oxygen atoms in total. The molecule has 1 aromatic carbocycles. The third kappa shape index (κ3) is 2.98. The molecule has 1 aliphatic heterocycles. The van der Waals surface area contributed by atoms with Crippen molar-refractivity contribution < 1.29 is 4.39 Å².